The number of hydrogen-bond acceptors (Lipinski definition) is 3. The second-order valence-electron chi connectivity index (χ2n) is 3.00. The molecule has 1 heterocycles. The third-order valence-electron chi connectivity index (χ3n) is 2.05. The van der Waals surface area contributed by atoms with Crippen LogP contribution in [-0.4, -0.2) is 29.4 Å². The average molecular weight is 159 g/mol. The molecule has 1 aliphatic rings. The molecule has 0 unspecified atom stereocenters. The van der Waals surface area contributed by atoms with Gasteiger partial charge in [-0.1, -0.05) is 6.92 Å². The van der Waals surface area contributed by atoms with Gasteiger partial charge in [0.15, 0.2) is 0 Å². The van der Waals surface area contributed by atoms with Crippen molar-refractivity contribution in [3.05, 3.63) is 0 Å². The summed E-state index contributed by atoms with van der Waals surface area (Å²) in [7, 11) is 0. The van der Waals surface area contributed by atoms with Crippen molar-refractivity contribution in [3.8, 4) is 0 Å². The van der Waals surface area contributed by atoms with Crippen molar-refractivity contribution >= 4 is 6.09 Å². The molecule has 0 radical (unpaired) electrons. The first-order chi connectivity index (χ1) is 5.12. The fourth-order valence-corrected chi connectivity index (χ4v) is 1.28. The first-order valence-corrected chi connectivity index (χ1v) is 3.72. The lowest BCUT2D eigenvalue weighted by molar-refractivity contribution is 0.0807. The van der Waals surface area contributed by atoms with Gasteiger partial charge in [-0.2, -0.15) is 0 Å². The Labute approximate surface area is 65.5 Å². The van der Waals surface area contributed by atoms with E-state index in [-0.39, 0.29) is 12.7 Å². The quantitative estimate of drug-likeness (QED) is 0.607. The van der Waals surface area contributed by atoms with Gasteiger partial charge in [0.2, 0.25) is 0 Å². The summed E-state index contributed by atoms with van der Waals surface area (Å²) < 4.78 is 4.91. The summed E-state index contributed by atoms with van der Waals surface area (Å²) in [5.41, 5.74) is -0.591. The summed E-state index contributed by atoms with van der Waals surface area (Å²) >= 11 is 0. The highest BCUT2D eigenvalue weighted by molar-refractivity contribution is 5.71. The molecular formula is C7H13NO3. The van der Waals surface area contributed by atoms with E-state index in [0.717, 1.165) is 6.42 Å². The molecule has 1 aliphatic heterocycles. The number of rotatable bonds is 2. The molecule has 0 saturated carbocycles. The number of carbonyl (C=O) groups excluding carboxylic acids is 1. The van der Waals surface area contributed by atoms with Gasteiger partial charge in [-0.15, -0.1) is 0 Å². The SMILES string of the molecule is CC[C@H]1OC(=O)N[C@@]1(C)CO. The molecular weight excluding hydrogens is 146 g/mol. The van der Waals surface area contributed by atoms with Crippen LogP contribution < -0.4 is 5.32 Å². The highest BCUT2D eigenvalue weighted by Crippen LogP contribution is 2.22. The minimum Gasteiger partial charge on any atom is -0.444 e. The molecule has 0 aromatic rings. The average Bonchev–Trinajstić information content (AvgIpc) is 2.27. The van der Waals surface area contributed by atoms with Crippen LogP contribution in [0.3, 0.4) is 0 Å². The Morgan fingerprint density at radius 1 is 1.82 bits per heavy atom. The number of ether oxygens (including phenoxy) is 1. The van der Waals surface area contributed by atoms with Gasteiger partial charge in [0.1, 0.15) is 11.6 Å². The molecule has 1 rings (SSSR count). The number of amides is 1. The Kier molecular flexibility index (Phi) is 2.04. The minimum atomic E-state index is -0.591. The molecule has 0 spiro atoms. The Bertz CT molecular complexity index is 171. The Balaban J connectivity index is 2.71. The summed E-state index contributed by atoms with van der Waals surface area (Å²) in [6.07, 6.45) is 0.0731. The van der Waals surface area contributed by atoms with Crippen LogP contribution in [0.2, 0.25) is 0 Å². The van der Waals surface area contributed by atoms with E-state index in [0.29, 0.717) is 0 Å². The third-order valence-corrected chi connectivity index (χ3v) is 2.05. The summed E-state index contributed by atoms with van der Waals surface area (Å²) in [6.45, 7) is 3.60. The fraction of sp³-hybridized carbons (Fsp3) is 0.857. The van der Waals surface area contributed by atoms with Crippen molar-refractivity contribution in [2.45, 2.75) is 31.9 Å². The zero-order valence-corrected chi connectivity index (χ0v) is 6.76. The number of aliphatic hydroxyl groups is 1. The van der Waals surface area contributed by atoms with Gasteiger partial charge >= 0.3 is 6.09 Å². The number of hydrogen-bond donors (Lipinski definition) is 2. The van der Waals surface area contributed by atoms with Crippen molar-refractivity contribution in [2.24, 2.45) is 0 Å². The minimum absolute atomic E-state index is 0.0861. The van der Waals surface area contributed by atoms with Crippen LogP contribution in [0.25, 0.3) is 0 Å². The van der Waals surface area contributed by atoms with Crippen LogP contribution in [0.5, 0.6) is 0 Å². The molecule has 64 valence electrons. The van der Waals surface area contributed by atoms with E-state index in [9.17, 15) is 4.79 Å². The van der Waals surface area contributed by atoms with E-state index in [1.807, 2.05) is 6.92 Å². The van der Waals surface area contributed by atoms with Crippen molar-refractivity contribution in [3.63, 3.8) is 0 Å². The van der Waals surface area contributed by atoms with E-state index in [1.165, 1.54) is 0 Å². The summed E-state index contributed by atoms with van der Waals surface area (Å²) in [4.78, 5) is 10.7. The summed E-state index contributed by atoms with van der Waals surface area (Å²) in [5, 5.41) is 11.5. The first-order valence-electron chi connectivity index (χ1n) is 3.72. The van der Waals surface area contributed by atoms with E-state index >= 15 is 0 Å². The molecule has 0 aromatic carbocycles. The third kappa shape index (κ3) is 1.30. The molecule has 0 aliphatic carbocycles. The zero-order valence-electron chi connectivity index (χ0n) is 6.76. The number of cyclic esters (lactones) is 1. The Morgan fingerprint density at radius 2 is 2.45 bits per heavy atom. The lowest BCUT2D eigenvalue weighted by Gasteiger charge is -2.24. The number of nitrogens with one attached hydrogen (secondary N) is 1. The van der Waals surface area contributed by atoms with Crippen LogP contribution in [0, 0.1) is 0 Å². The van der Waals surface area contributed by atoms with Gasteiger partial charge in [-0.3, -0.25) is 0 Å². The van der Waals surface area contributed by atoms with Gasteiger partial charge < -0.3 is 15.2 Å². The van der Waals surface area contributed by atoms with E-state index in [4.69, 9.17) is 9.84 Å². The van der Waals surface area contributed by atoms with Gasteiger partial charge in [-0.05, 0) is 13.3 Å². The maximum absolute atomic E-state index is 10.7. The maximum Gasteiger partial charge on any atom is 0.408 e. The van der Waals surface area contributed by atoms with E-state index in [2.05, 4.69) is 5.32 Å². The van der Waals surface area contributed by atoms with Gasteiger partial charge in [0.25, 0.3) is 0 Å². The number of carbonyl (C=O) groups is 1. The molecule has 11 heavy (non-hydrogen) atoms. The Hall–Kier alpha value is -0.770. The van der Waals surface area contributed by atoms with Gasteiger partial charge in [-0.25, -0.2) is 4.79 Å². The highest BCUT2D eigenvalue weighted by Gasteiger charge is 2.43. The van der Waals surface area contributed by atoms with Crippen LogP contribution in [0.1, 0.15) is 20.3 Å². The van der Waals surface area contributed by atoms with Crippen molar-refractivity contribution in [1.29, 1.82) is 0 Å². The van der Waals surface area contributed by atoms with Crippen molar-refractivity contribution in [1.82, 2.24) is 5.32 Å². The number of alkyl carbamates (subject to hydrolysis) is 1. The second kappa shape index (κ2) is 2.70. The van der Waals surface area contributed by atoms with Crippen LogP contribution in [0.15, 0.2) is 0 Å². The van der Waals surface area contributed by atoms with E-state index in [1.54, 1.807) is 6.92 Å². The topological polar surface area (TPSA) is 58.6 Å². The molecule has 0 bridgehead atoms. The van der Waals surface area contributed by atoms with Gasteiger partial charge in [0, 0.05) is 0 Å². The standard InChI is InChI=1S/C7H13NO3/c1-3-5-7(2,4-9)8-6(10)11-5/h5,9H,3-4H2,1-2H3,(H,8,10)/t5-,7+/m1/s1. The Morgan fingerprint density at radius 3 is 2.82 bits per heavy atom. The van der Waals surface area contributed by atoms with E-state index < -0.39 is 11.6 Å². The predicted octanol–water partition coefficient (Wildman–Crippen LogP) is 0.256. The predicted molar refractivity (Wildman–Crippen MR) is 39.2 cm³/mol. The second-order valence-corrected chi connectivity index (χ2v) is 3.00. The lowest BCUT2D eigenvalue weighted by atomic mass is 9.95. The fourth-order valence-electron chi connectivity index (χ4n) is 1.28. The first kappa shape index (κ1) is 8.33. The van der Waals surface area contributed by atoms with Crippen LogP contribution >= 0.6 is 0 Å². The molecule has 4 heteroatoms. The van der Waals surface area contributed by atoms with Crippen LogP contribution in [0.4, 0.5) is 4.79 Å². The molecule has 1 saturated heterocycles. The summed E-state index contributed by atoms with van der Waals surface area (Å²) in [6, 6.07) is 0. The van der Waals surface area contributed by atoms with Crippen molar-refractivity contribution in [2.75, 3.05) is 6.61 Å². The normalized spacial score (nSPS) is 36.6. The lowest BCUT2D eigenvalue weighted by Crippen LogP contribution is -2.48. The monoisotopic (exact) mass is 159 g/mol. The molecule has 4 nitrogen and oxygen atoms in total. The zero-order chi connectivity index (χ0) is 8.48. The molecule has 1 fully saturated rings. The molecule has 2 atom stereocenters. The van der Waals surface area contributed by atoms with Crippen molar-refractivity contribution < 1.29 is 14.6 Å². The highest BCUT2D eigenvalue weighted by atomic mass is 16.6. The maximum atomic E-state index is 10.7. The molecule has 1 amide bonds. The smallest absolute Gasteiger partial charge is 0.408 e. The van der Waals surface area contributed by atoms with Crippen LogP contribution in [-0.2, 0) is 4.74 Å². The molecule has 0 aromatic heterocycles. The molecule has 2 N–H and O–H groups in total. The summed E-state index contributed by atoms with van der Waals surface area (Å²) in [5.74, 6) is 0. The van der Waals surface area contributed by atoms with Gasteiger partial charge in [0.05, 0.1) is 6.61 Å². The number of aliphatic hydroxyl groups excluding tert-OH is 1. The largest absolute Gasteiger partial charge is 0.444 e.